The highest BCUT2D eigenvalue weighted by molar-refractivity contribution is 6.54. The van der Waals surface area contributed by atoms with E-state index in [4.69, 9.17) is 28.3 Å². The van der Waals surface area contributed by atoms with Gasteiger partial charge < -0.3 is 10.4 Å². The van der Waals surface area contributed by atoms with Gasteiger partial charge in [0.25, 0.3) is 11.5 Å². The Morgan fingerprint density at radius 2 is 1.84 bits per heavy atom. The number of aliphatic carboxylic acids is 1. The lowest BCUT2D eigenvalue weighted by Crippen LogP contribution is -2.21. The van der Waals surface area contributed by atoms with E-state index in [0.29, 0.717) is 35.4 Å². The summed E-state index contributed by atoms with van der Waals surface area (Å²) in [7, 11) is 0. The fourth-order valence-corrected chi connectivity index (χ4v) is 3.58. The van der Waals surface area contributed by atoms with Crippen LogP contribution in [0.1, 0.15) is 17.8 Å². The zero-order valence-corrected chi connectivity index (χ0v) is 17.4. The van der Waals surface area contributed by atoms with E-state index in [1.807, 2.05) is 36.4 Å². The summed E-state index contributed by atoms with van der Waals surface area (Å²) in [5.41, 5.74) is 2.49. The number of rotatable bonds is 4. The summed E-state index contributed by atoms with van der Waals surface area (Å²) in [5.74, 6) is -1.81. The van der Waals surface area contributed by atoms with Crippen molar-refractivity contribution in [3.05, 3.63) is 80.3 Å². The Balaban J connectivity index is 1.73. The van der Waals surface area contributed by atoms with Gasteiger partial charge in [-0.25, -0.2) is 9.78 Å². The van der Waals surface area contributed by atoms with Crippen molar-refractivity contribution < 1.29 is 14.7 Å². The zero-order valence-electron chi connectivity index (χ0n) is 15.9. The number of carboxylic acid groups (broad SMARTS) is 1. The van der Waals surface area contributed by atoms with Crippen LogP contribution >= 0.6 is 23.2 Å². The fraction of sp³-hybridized carbons (Fsp3) is 0.0909. The molecular weight excluding hydrogens is 441 g/mol. The number of carbonyl (C=O) groups excluding carboxylic acids is 1. The second kappa shape index (κ2) is 8.37. The van der Waals surface area contributed by atoms with E-state index in [9.17, 15) is 14.4 Å². The van der Waals surface area contributed by atoms with Crippen molar-refractivity contribution in [1.82, 2.24) is 9.55 Å². The number of aromatic nitrogens is 2. The van der Waals surface area contributed by atoms with Gasteiger partial charge in [0.15, 0.2) is 0 Å². The third kappa shape index (κ3) is 4.10. The molecule has 0 bridgehead atoms. The summed E-state index contributed by atoms with van der Waals surface area (Å²) < 4.78 is 1.64. The monoisotopic (exact) mass is 455 g/mol. The molecule has 0 unspecified atom stereocenters. The number of benzene rings is 2. The predicted octanol–water partition coefficient (Wildman–Crippen LogP) is 4.05. The van der Waals surface area contributed by atoms with E-state index in [1.165, 1.54) is 12.1 Å². The number of allylic oxidation sites excluding steroid dienone is 1. The lowest BCUT2D eigenvalue weighted by Gasteiger charge is -2.09. The van der Waals surface area contributed by atoms with E-state index in [0.717, 1.165) is 11.1 Å². The smallest absolute Gasteiger partial charge is 0.349 e. The van der Waals surface area contributed by atoms with Gasteiger partial charge in [-0.15, -0.1) is 0 Å². The molecule has 0 saturated heterocycles. The molecule has 9 heteroatoms. The van der Waals surface area contributed by atoms with Gasteiger partial charge >= 0.3 is 5.97 Å². The first-order valence-electron chi connectivity index (χ1n) is 9.25. The number of carbonyl (C=O) groups is 2. The molecule has 1 amide bonds. The van der Waals surface area contributed by atoms with Gasteiger partial charge in [0.05, 0.1) is 10.9 Å². The van der Waals surface area contributed by atoms with Crippen molar-refractivity contribution >= 4 is 63.3 Å². The molecule has 2 aromatic carbocycles. The van der Waals surface area contributed by atoms with Gasteiger partial charge in [-0.2, -0.15) is 0 Å². The normalized spacial score (nSPS) is 15.0. The van der Waals surface area contributed by atoms with Crippen molar-refractivity contribution in [3.8, 4) is 0 Å². The number of carboxylic acids is 1. The molecule has 2 N–H and O–H groups in total. The number of amides is 1. The molecule has 0 fully saturated rings. The zero-order chi connectivity index (χ0) is 22.1. The second-order valence-electron chi connectivity index (χ2n) is 6.84. The molecule has 3 aromatic rings. The van der Waals surface area contributed by atoms with Gasteiger partial charge in [-0.1, -0.05) is 53.5 Å². The topological polar surface area (TPSA) is 101 Å². The summed E-state index contributed by atoms with van der Waals surface area (Å²) in [4.78, 5) is 40.6. The van der Waals surface area contributed by atoms with Crippen molar-refractivity contribution in [2.24, 2.45) is 0 Å². The molecule has 0 saturated carbocycles. The first kappa shape index (κ1) is 20.8. The van der Waals surface area contributed by atoms with Gasteiger partial charge in [0.2, 0.25) is 0 Å². The van der Waals surface area contributed by atoms with E-state index in [2.05, 4.69) is 10.3 Å². The third-order valence-corrected chi connectivity index (χ3v) is 5.63. The molecular formula is C22H15Cl2N3O4. The third-order valence-electron chi connectivity index (χ3n) is 4.83. The number of halogens is 2. The molecule has 31 heavy (non-hydrogen) atoms. The average Bonchev–Trinajstić information content (AvgIpc) is 3.16. The van der Waals surface area contributed by atoms with E-state index >= 15 is 0 Å². The predicted molar refractivity (Wildman–Crippen MR) is 120 cm³/mol. The van der Waals surface area contributed by atoms with Gasteiger partial charge in [-0.05, 0) is 41.8 Å². The van der Waals surface area contributed by atoms with Crippen LogP contribution in [0.3, 0.4) is 0 Å². The van der Waals surface area contributed by atoms with Crippen LogP contribution in [0, 0.1) is 0 Å². The van der Waals surface area contributed by atoms with Crippen molar-refractivity contribution in [2.75, 3.05) is 5.32 Å². The molecule has 4 rings (SSSR count). The van der Waals surface area contributed by atoms with Crippen LogP contribution in [0.2, 0.25) is 0 Å². The molecule has 7 nitrogen and oxygen atoms in total. The summed E-state index contributed by atoms with van der Waals surface area (Å²) in [6.45, 7) is 0.544. The summed E-state index contributed by atoms with van der Waals surface area (Å²) in [6, 6.07) is 14.4. The molecule has 1 aliphatic heterocycles. The summed E-state index contributed by atoms with van der Waals surface area (Å²) in [6.07, 6.45) is 2.69. The average molecular weight is 456 g/mol. The quantitative estimate of drug-likeness (QED) is 0.577. The SMILES string of the molecule is O=C(O)/C(Cl)=C(/Cl)C(=O)Nc1ccc2c(=O)n3c(nc2c1)/C(=C/c1ccccc1)CC3. The fourth-order valence-electron chi connectivity index (χ4n) is 3.36. The van der Waals surface area contributed by atoms with E-state index < -0.39 is 21.9 Å². The Morgan fingerprint density at radius 1 is 1.10 bits per heavy atom. The minimum Gasteiger partial charge on any atom is -0.477 e. The second-order valence-corrected chi connectivity index (χ2v) is 7.60. The van der Waals surface area contributed by atoms with E-state index in [1.54, 1.807) is 10.6 Å². The van der Waals surface area contributed by atoms with Crippen LogP contribution in [0.5, 0.6) is 0 Å². The maximum Gasteiger partial charge on any atom is 0.349 e. The number of hydrogen-bond donors (Lipinski definition) is 2. The van der Waals surface area contributed by atoms with Crippen LogP contribution < -0.4 is 10.9 Å². The number of anilines is 1. The number of hydrogen-bond acceptors (Lipinski definition) is 4. The van der Waals surface area contributed by atoms with Crippen LogP contribution in [-0.4, -0.2) is 26.5 Å². The maximum absolute atomic E-state index is 12.9. The maximum atomic E-state index is 12.9. The highest BCUT2D eigenvalue weighted by Crippen LogP contribution is 2.28. The lowest BCUT2D eigenvalue weighted by molar-refractivity contribution is -0.132. The molecule has 2 heterocycles. The number of nitrogens with zero attached hydrogens (tertiary/aromatic N) is 2. The summed E-state index contributed by atoms with van der Waals surface area (Å²) in [5, 5.41) is 10.3. The van der Waals surface area contributed by atoms with Crippen molar-refractivity contribution in [3.63, 3.8) is 0 Å². The number of fused-ring (bicyclic) bond motifs is 2. The van der Waals surface area contributed by atoms with E-state index in [-0.39, 0.29) is 5.56 Å². The van der Waals surface area contributed by atoms with Crippen molar-refractivity contribution in [1.29, 1.82) is 0 Å². The van der Waals surface area contributed by atoms with Crippen LogP contribution in [-0.2, 0) is 16.1 Å². The highest BCUT2D eigenvalue weighted by atomic mass is 35.5. The van der Waals surface area contributed by atoms with Crippen molar-refractivity contribution in [2.45, 2.75) is 13.0 Å². The molecule has 1 aromatic heterocycles. The largest absolute Gasteiger partial charge is 0.477 e. The first-order chi connectivity index (χ1) is 14.8. The minimum absolute atomic E-state index is 0.166. The molecule has 0 spiro atoms. The van der Waals surface area contributed by atoms with Crippen LogP contribution in [0.25, 0.3) is 22.6 Å². The Hall–Kier alpha value is -3.42. The Kier molecular flexibility index (Phi) is 5.63. The molecule has 1 aliphatic rings. The Labute approximate surface area is 186 Å². The molecule has 0 radical (unpaired) electrons. The Morgan fingerprint density at radius 3 is 2.55 bits per heavy atom. The number of nitrogens with one attached hydrogen (secondary N) is 1. The molecule has 156 valence electrons. The molecule has 0 atom stereocenters. The van der Waals surface area contributed by atoms with Gasteiger partial charge in [-0.3, -0.25) is 14.2 Å². The first-order valence-corrected chi connectivity index (χ1v) is 10.0. The standard InChI is InChI=1S/C22H15Cl2N3O4/c23-17(18(24)22(30)31)20(28)25-14-6-7-15-16(11-14)26-19-13(8-9-27(19)21(15)29)10-12-4-2-1-3-5-12/h1-7,10-11H,8-9H2,(H,25,28)(H,30,31)/b13-10+,18-17-. The van der Waals surface area contributed by atoms with Crippen LogP contribution in [0.15, 0.2) is 63.4 Å². The molecule has 0 aliphatic carbocycles. The Bertz CT molecular complexity index is 1340. The summed E-state index contributed by atoms with van der Waals surface area (Å²) >= 11 is 11.2. The highest BCUT2D eigenvalue weighted by Gasteiger charge is 2.22. The van der Waals surface area contributed by atoms with Gasteiger partial charge in [0.1, 0.15) is 15.9 Å². The minimum atomic E-state index is -1.51. The van der Waals surface area contributed by atoms with Gasteiger partial charge in [0, 0.05) is 12.2 Å². The van der Waals surface area contributed by atoms with Crippen LogP contribution in [0.4, 0.5) is 5.69 Å². The lowest BCUT2D eigenvalue weighted by atomic mass is 10.1.